The predicted molar refractivity (Wildman–Crippen MR) is 99.7 cm³/mol. The lowest BCUT2D eigenvalue weighted by molar-refractivity contribution is -0.122. The molecule has 0 aliphatic rings. The van der Waals surface area contributed by atoms with Crippen molar-refractivity contribution in [3.05, 3.63) is 65.2 Å². The van der Waals surface area contributed by atoms with E-state index in [0.717, 1.165) is 16.8 Å². The van der Waals surface area contributed by atoms with Crippen LogP contribution in [0, 0.1) is 0 Å². The summed E-state index contributed by atoms with van der Waals surface area (Å²) in [7, 11) is 0. The first-order valence-corrected chi connectivity index (χ1v) is 8.48. The maximum atomic E-state index is 12.1. The molecular formula is C18H17ClN6O. The minimum absolute atomic E-state index is 0.0685. The number of hydrogen-bond donors (Lipinski definition) is 1. The number of carbonyl (C=O) groups is 1. The van der Waals surface area contributed by atoms with Crippen LogP contribution in [0.5, 0.6) is 0 Å². The van der Waals surface area contributed by atoms with E-state index < -0.39 is 0 Å². The van der Waals surface area contributed by atoms with Gasteiger partial charge in [0.15, 0.2) is 0 Å². The molecule has 3 rings (SSSR count). The fourth-order valence-electron chi connectivity index (χ4n) is 2.30. The number of carbonyl (C=O) groups excluding carboxylic acids is 1. The normalized spacial score (nSPS) is 11.4. The monoisotopic (exact) mass is 368 g/mol. The van der Waals surface area contributed by atoms with Crippen LogP contribution in [0.1, 0.15) is 18.9 Å². The number of hydrogen-bond acceptors (Lipinski definition) is 5. The first-order chi connectivity index (χ1) is 12.7. The molecule has 2 aromatic carbocycles. The molecule has 132 valence electrons. The Morgan fingerprint density at radius 3 is 2.58 bits per heavy atom. The van der Waals surface area contributed by atoms with Gasteiger partial charge in [0.05, 0.1) is 5.71 Å². The standard InChI is InChI=1S/C18H17ClN6O/c1-2-16(13-8-10-15(19)11-9-13)20-21-17(26)12-25-23-18(22-24-25)14-6-4-3-5-7-14/h3-11H,2,12H2,1H3,(H,21,26)/b20-16+. The summed E-state index contributed by atoms with van der Waals surface area (Å²) < 4.78 is 0. The minimum Gasteiger partial charge on any atom is -0.271 e. The topological polar surface area (TPSA) is 85.1 Å². The molecule has 3 aromatic rings. The molecule has 0 aliphatic carbocycles. The van der Waals surface area contributed by atoms with E-state index in [-0.39, 0.29) is 12.5 Å². The summed E-state index contributed by atoms with van der Waals surface area (Å²) in [6.45, 7) is 1.89. The molecule has 0 atom stereocenters. The van der Waals surface area contributed by atoms with Gasteiger partial charge in [-0.2, -0.15) is 9.90 Å². The highest BCUT2D eigenvalue weighted by Gasteiger charge is 2.09. The maximum Gasteiger partial charge on any atom is 0.263 e. The zero-order valence-corrected chi connectivity index (χ0v) is 14.9. The Morgan fingerprint density at radius 1 is 1.15 bits per heavy atom. The minimum atomic E-state index is -0.332. The first-order valence-electron chi connectivity index (χ1n) is 8.10. The van der Waals surface area contributed by atoms with E-state index in [4.69, 9.17) is 11.6 Å². The van der Waals surface area contributed by atoms with Gasteiger partial charge in [-0.15, -0.1) is 10.2 Å². The van der Waals surface area contributed by atoms with Gasteiger partial charge in [0.2, 0.25) is 5.82 Å². The molecular weight excluding hydrogens is 352 g/mol. The van der Waals surface area contributed by atoms with Crippen LogP contribution in [0.4, 0.5) is 0 Å². The summed E-state index contributed by atoms with van der Waals surface area (Å²) in [6.07, 6.45) is 0.668. The van der Waals surface area contributed by atoms with E-state index in [2.05, 4.69) is 25.9 Å². The molecule has 0 saturated carbocycles. The Kier molecular flexibility index (Phi) is 5.70. The number of nitrogens with zero attached hydrogens (tertiary/aromatic N) is 5. The third kappa shape index (κ3) is 4.52. The van der Waals surface area contributed by atoms with Gasteiger partial charge in [0.25, 0.3) is 5.91 Å². The lowest BCUT2D eigenvalue weighted by Gasteiger charge is -2.05. The van der Waals surface area contributed by atoms with Crippen molar-refractivity contribution in [1.29, 1.82) is 0 Å². The number of benzene rings is 2. The average Bonchev–Trinajstić information content (AvgIpc) is 3.13. The molecule has 0 spiro atoms. The van der Waals surface area contributed by atoms with Crippen molar-refractivity contribution in [2.75, 3.05) is 0 Å². The summed E-state index contributed by atoms with van der Waals surface area (Å²) in [6, 6.07) is 16.7. The number of nitrogens with one attached hydrogen (secondary N) is 1. The molecule has 0 radical (unpaired) electrons. The zero-order valence-electron chi connectivity index (χ0n) is 14.1. The van der Waals surface area contributed by atoms with Crippen LogP contribution in [0.3, 0.4) is 0 Å². The van der Waals surface area contributed by atoms with Crippen LogP contribution in [-0.2, 0) is 11.3 Å². The molecule has 1 N–H and O–H groups in total. The number of amides is 1. The van der Waals surface area contributed by atoms with Crippen LogP contribution < -0.4 is 5.43 Å². The highest BCUT2D eigenvalue weighted by Crippen LogP contribution is 2.12. The van der Waals surface area contributed by atoms with Crippen molar-refractivity contribution in [3.63, 3.8) is 0 Å². The van der Waals surface area contributed by atoms with Crippen LogP contribution in [0.25, 0.3) is 11.4 Å². The number of rotatable bonds is 6. The molecule has 0 bridgehead atoms. The lowest BCUT2D eigenvalue weighted by atomic mass is 10.1. The Labute approximate surface area is 155 Å². The number of tetrazole rings is 1. The third-order valence-corrected chi connectivity index (χ3v) is 3.85. The van der Waals surface area contributed by atoms with Crippen molar-refractivity contribution in [1.82, 2.24) is 25.6 Å². The Hall–Kier alpha value is -3.06. The first kappa shape index (κ1) is 17.8. The lowest BCUT2D eigenvalue weighted by Crippen LogP contribution is -2.25. The van der Waals surface area contributed by atoms with E-state index in [0.29, 0.717) is 17.3 Å². The van der Waals surface area contributed by atoms with Gasteiger partial charge < -0.3 is 0 Å². The highest BCUT2D eigenvalue weighted by molar-refractivity contribution is 6.30. The fourth-order valence-corrected chi connectivity index (χ4v) is 2.42. The Bertz CT molecular complexity index is 905. The summed E-state index contributed by atoms with van der Waals surface area (Å²) in [5.74, 6) is 0.138. The van der Waals surface area contributed by atoms with Crippen LogP contribution in [-0.4, -0.2) is 31.8 Å². The fraction of sp³-hybridized carbons (Fsp3) is 0.167. The molecule has 1 aromatic heterocycles. The Morgan fingerprint density at radius 2 is 1.88 bits per heavy atom. The van der Waals surface area contributed by atoms with Crippen LogP contribution in [0.2, 0.25) is 5.02 Å². The van der Waals surface area contributed by atoms with Crippen molar-refractivity contribution < 1.29 is 4.79 Å². The maximum absolute atomic E-state index is 12.1. The van der Waals surface area contributed by atoms with Gasteiger partial charge in [-0.3, -0.25) is 4.79 Å². The van der Waals surface area contributed by atoms with Gasteiger partial charge >= 0.3 is 0 Å². The molecule has 0 aliphatic heterocycles. The van der Waals surface area contributed by atoms with E-state index in [9.17, 15) is 4.79 Å². The second kappa shape index (κ2) is 8.35. The van der Waals surface area contributed by atoms with Crippen molar-refractivity contribution in [3.8, 4) is 11.4 Å². The number of aromatic nitrogens is 4. The molecule has 1 amide bonds. The van der Waals surface area contributed by atoms with Crippen LogP contribution >= 0.6 is 11.6 Å². The predicted octanol–water partition coefficient (Wildman–Crippen LogP) is 2.92. The van der Waals surface area contributed by atoms with Crippen molar-refractivity contribution >= 4 is 23.2 Å². The molecule has 1 heterocycles. The van der Waals surface area contributed by atoms with E-state index >= 15 is 0 Å². The second-order valence-corrected chi connectivity index (χ2v) is 5.90. The highest BCUT2D eigenvalue weighted by atomic mass is 35.5. The van der Waals surface area contributed by atoms with Gasteiger partial charge in [-0.25, -0.2) is 5.43 Å². The van der Waals surface area contributed by atoms with Gasteiger partial charge in [0, 0.05) is 10.6 Å². The van der Waals surface area contributed by atoms with Crippen LogP contribution in [0.15, 0.2) is 59.7 Å². The van der Waals surface area contributed by atoms with Gasteiger partial charge in [-0.05, 0) is 29.3 Å². The molecule has 0 fully saturated rings. The Balaban J connectivity index is 1.63. The largest absolute Gasteiger partial charge is 0.271 e. The van der Waals surface area contributed by atoms with Gasteiger partial charge in [0.1, 0.15) is 6.54 Å². The summed E-state index contributed by atoms with van der Waals surface area (Å²) in [4.78, 5) is 13.3. The SMILES string of the molecule is CC/C(=N\NC(=O)Cn1nnc(-c2ccccc2)n1)c1ccc(Cl)cc1. The molecule has 0 saturated heterocycles. The summed E-state index contributed by atoms with van der Waals surface area (Å²) in [5.41, 5.74) is 5.03. The smallest absolute Gasteiger partial charge is 0.263 e. The van der Waals surface area contributed by atoms with Crippen molar-refractivity contribution in [2.45, 2.75) is 19.9 Å². The van der Waals surface area contributed by atoms with E-state index in [1.54, 1.807) is 12.1 Å². The third-order valence-electron chi connectivity index (χ3n) is 3.60. The molecule has 0 unspecified atom stereocenters. The zero-order chi connectivity index (χ0) is 18.4. The molecule has 7 nitrogen and oxygen atoms in total. The quantitative estimate of drug-likeness (QED) is 0.535. The van der Waals surface area contributed by atoms with Gasteiger partial charge in [-0.1, -0.05) is 61.0 Å². The summed E-state index contributed by atoms with van der Waals surface area (Å²) >= 11 is 5.89. The average molecular weight is 369 g/mol. The molecule has 8 heteroatoms. The summed E-state index contributed by atoms with van der Waals surface area (Å²) in [5, 5.41) is 16.9. The number of hydrazone groups is 1. The second-order valence-electron chi connectivity index (χ2n) is 5.46. The van der Waals surface area contributed by atoms with E-state index in [1.165, 1.54) is 4.80 Å². The van der Waals surface area contributed by atoms with Crippen molar-refractivity contribution in [2.24, 2.45) is 5.10 Å². The molecule has 26 heavy (non-hydrogen) atoms. The number of halogens is 1. The van der Waals surface area contributed by atoms with E-state index in [1.807, 2.05) is 49.4 Å².